The molecule has 0 aliphatic carbocycles. The number of rotatable bonds is 5. The second-order valence-electron chi connectivity index (χ2n) is 9.02. The highest BCUT2D eigenvalue weighted by molar-refractivity contribution is 5.98. The van der Waals surface area contributed by atoms with Gasteiger partial charge in [0.1, 0.15) is 5.82 Å². The number of carbonyl (C=O) groups is 1. The quantitative estimate of drug-likeness (QED) is 0.576. The van der Waals surface area contributed by atoms with Gasteiger partial charge in [-0.05, 0) is 68.0 Å². The molecule has 0 spiro atoms. The minimum atomic E-state index is -0.170. The Morgan fingerprint density at radius 2 is 1.81 bits per heavy atom. The van der Waals surface area contributed by atoms with E-state index in [9.17, 15) is 9.18 Å². The van der Waals surface area contributed by atoms with E-state index in [4.69, 9.17) is 0 Å². The molecule has 4 nitrogen and oxygen atoms in total. The first-order valence-electron chi connectivity index (χ1n) is 11.5. The van der Waals surface area contributed by atoms with Gasteiger partial charge in [0.15, 0.2) is 0 Å². The van der Waals surface area contributed by atoms with Crippen LogP contribution >= 0.6 is 0 Å². The first-order chi connectivity index (χ1) is 15.1. The Hall–Kier alpha value is -2.66. The minimum Gasteiger partial charge on any atom is -0.344 e. The molecular weight excluding hydrogens is 389 g/mol. The lowest BCUT2D eigenvalue weighted by atomic mass is 10.0. The summed E-state index contributed by atoms with van der Waals surface area (Å²) in [4.78, 5) is 16.7. The van der Waals surface area contributed by atoms with Gasteiger partial charge in [-0.1, -0.05) is 18.2 Å². The molecule has 0 unspecified atom stereocenters. The highest BCUT2D eigenvalue weighted by atomic mass is 19.1. The lowest BCUT2D eigenvalue weighted by molar-refractivity contribution is -0.117. The predicted molar refractivity (Wildman–Crippen MR) is 123 cm³/mol. The number of amides is 1. The fourth-order valence-corrected chi connectivity index (χ4v) is 5.17. The highest BCUT2D eigenvalue weighted by Crippen LogP contribution is 2.33. The average molecular weight is 420 g/mol. The number of aromatic nitrogens is 1. The second kappa shape index (κ2) is 8.46. The van der Waals surface area contributed by atoms with E-state index in [0.717, 1.165) is 57.5 Å². The molecule has 0 saturated carbocycles. The lowest BCUT2D eigenvalue weighted by Crippen LogP contribution is -2.35. The summed E-state index contributed by atoms with van der Waals surface area (Å²) in [5.41, 5.74) is 4.78. The number of halogens is 1. The Morgan fingerprint density at radius 1 is 1.03 bits per heavy atom. The molecule has 5 heteroatoms. The van der Waals surface area contributed by atoms with Crippen molar-refractivity contribution in [3.05, 3.63) is 65.6 Å². The number of hydrogen-bond donors (Lipinski definition) is 0. The number of benzene rings is 2. The molecule has 162 valence electrons. The van der Waals surface area contributed by atoms with Gasteiger partial charge in [-0.3, -0.25) is 4.79 Å². The molecule has 0 bridgehead atoms. The number of hydrogen-bond acceptors (Lipinski definition) is 2. The number of likely N-dealkylation sites (tertiary alicyclic amines) is 1. The van der Waals surface area contributed by atoms with Gasteiger partial charge >= 0.3 is 0 Å². The molecule has 2 fully saturated rings. The van der Waals surface area contributed by atoms with Crippen molar-refractivity contribution in [1.29, 1.82) is 0 Å². The molecule has 2 aliphatic rings. The molecule has 31 heavy (non-hydrogen) atoms. The summed E-state index contributed by atoms with van der Waals surface area (Å²) < 4.78 is 15.5. The Kier molecular flexibility index (Phi) is 5.53. The summed E-state index contributed by atoms with van der Waals surface area (Å²) in [6.07, 6.45) is 7.11. The van der Waals surface area contributed by atoms with Gasteiger partial charge in [-0.15, -0.1) is 0 Å². The van der Waals surface area contributed by atoms with Crippen LogP contribution in [0.1, 0.15) is 42.9 Å². The molecule has 0 radical (unpaired) electrons. The third-order valence-corrected chi connectivity index (χ3v) is 6.98. The van der Waals surface area contributed by atoms with Crippen molar-refractivity contribution in [2.75, 3.05) is 31.1 Å². The number of piperidine rings is 1. The van der Waals surface area contributed by atoms with Crippen LogP contribution in [0.25, 0.3) is 10.9 Å². The van der Waals surface area contributed by atoms with Crippen LogP contribution in [-0.4, -0.2) is 41.6 Å². The number of anilines is 1. The SMILES string of the molecule is Cc1cn(C2CCN(CCc3ccc(F)cc3)CC2)c2cc(N3CCCC3=O)ccc12. The lowest BCUT2D eigenvalue weighted by Gasteiger charge is -2.33. The van der Waals surface area contributed by atoms with E-state index >= 15 is 0 Å². The zero-order valence-corrected chi connectivity index (χ0v) is 18.2. The van der Waals surface area contributed by atoms with Gasteiger partial charge < -0.3 is 14.4 Å². The maximum absolute atomic E-state index is 13.1. The zero-order chi connectivity index (χ0) is 21.4. The smallest absolute Gasteiger partial charge is 0.227 e. The third kappa shape index (κ3) is 4.11. The van der Waals surface area contributed by atoms with Crippen molar-refractivity contribution in [1.82, 2.24) is 9.47 Å². The number of carbonyl (C=O) groups excluding carboxylic acids is 1. The third-order valence-electron chi connectivity index (χ3n) is 6.98. The molecule has 1 aromatic heterocycles. The van der Waals surface area contributed by atoms with Crippen LogP contribution in [0.2, 0.25) is 0 Å². The number of aryl methyl sites for hydroxylation is 1. The minimum absolute atomic E-state index is 0.170. The van der Waals surface area contributed by atoms with Crippen molar-refractivity contribution in [3.63, 3.8) is 0 Å². The van der Waals surface area contributed by atoms with Gasteiger partial charge in [-0.2, -0.15) is 0 Å². The van der Waals surface area contributed by atoms with Gasteiger partial charge in [0.05, 0.1) is 5.52 Å². The van der Waals surface area contributed by atoms with Crippen LogP contribution in [0.15, 0.2) is 48.7 Å². The molecule has 2 aromatic carbocycles. The molecule has 1 amide bonds. The maximum Gasteiger partial charge on any atom is 0.227 e. The van der Waals surface area contributed by atoms with Crippen LogP contribution in [0.4, 0.5) is 10.1 Å². The summed E-state index contributed by atoms with van der Waals surface area (Å²) in [5, 5.41) is 1.29. The van der Waals surface area contributed by atoms with Gasteiger partial charge in [0, 0.05) is 55.9 Å². The van der Waals surface area contributed by atoms with Crippen molar-refractivity contribution in [2.45, 2.75) is 45.1 Å². The van der Waals surface area contributed by atoms with Crippen molar-refractivity contribution < 1.29 is 9.18 Å². The van der Waals surface area contributed by atoms with Crippen molar-refractivity contribution in [2.24, 2.45) is 0 Å². The number of fused-ring (bicyclic) bond motifs is 1. The molecule has 2 aliphatic heterocycles. The molecule has 0 N–H and O–H groups in total. The zero-order valence-electron chi connectivity index (χ0n) is 18.2. The van der Waals surface area contributed by atoms with E-state index in [2.05, 4.69) is 40.8 Å². The second-order valence-corrected chi connectivity index (χ2v) is 9.02. The molecule has 3 heterocycles. The topological polar surface area (TPSA) is 28.5 Å². The van der Waals surface area contributed by atoms with Gasteiger partial charge in [-0.25, -0.2) is 4.39 Å². The van der Waals surface area contributed by atoms with E-state index in [1.54, 1.807) is 12.1 Å². The van der Waals surface area contributed by atoms with Crippen LogP contribution in [0.3, 0.4) is 0 Å². The summed E-state index contributed by atoms with van der Waals surface area (Å²) in [6.45, 7) is 6.18. The highest BCUT2D eigenvalue weighted by Gasteiger charge is 2.25. The van der Waals surface area contributed by atoms with Gasteiger partial charge in [0.25, 0.3) is 0 Å². The normalized spacial score (nSPS) is 18.4. The number of nitrogens with zero attached hydrogens (tertiary/aromatic N) is 3. The van der Waals surface area contributed by atoms with E-state index in [0.29, 0.717) is 12.5 Å². The van der Waals surface area contributed by atoms with Crippen LogP contribution < -0.4 is 4.90 Å². The summed E-state index contributed by atoms with van der Waals surface area (Å²) in [5.74, 6) is 0.0692. The van der Waals surface area contributed by atoms with E-state index in [-0.39, 0.29) is 11.7 Å². The van der Waals surface area contributed by atoms with E-state index < -0.39 is 0 Å². The monoisotopic (exact) mass is 419 g/mol. The summed E-state index contributed by atoms with van der Waals surface area (Å²) in [6, 6.07) is 13.9. The Bertz CT molecular complexity index is 1080. The van der Waals surface area contributed by atoms with Crippen LogP contribution in [0.5, 0.6) is 0 Å². The Balaban J connectivity index is 1.27. The summed E-state index contributed by atoms with van der Waals surface area (Å²) >= 11 is 0. The Morgan fingerprint density at radius 3 is 2.52 bits per heavy atom. The Labute approximate surface area is 183 Å². The molecular formula is C26H30FN3O. The maximum atomic E-state index is 13.1. The fraction of sp³-hybridized carbons (Fsp3) is 0.423. The first-order valence-corrected chi connectivity index (χ1v) is 11.5. The van der Waals surface area contributed by atoms with Crippen molar-refractivity contribution in [3.8, 4) is 0 Å². The fourth-order valence-electron chi connectivity index (χ4n) is 5.17. The molecule has 3 aromatic rings. The largest absolute Gasteiger partial charge is 0.344 e. The average Bonchev–Trinajstić information content (AvgIpc) is 3.36. The molecule has 0 atom stereocenters. The molecule has 5 rings (SSSR count). The summed E-state index contributed by atoms with van der Waals surface area (Å²) in [7, 11) is 0. The standard InChI is InChI=1S/C26H30FN3O/c1-19-18-30(25-17-23(8-9-24(19)25)29-13-2-3-26(29)31)22-11-15-28(16-12-22)14-10-20-4-6-21(27)7-5-20/h4-9,17-18,22H,2-3,10-16H2,1H3. The van der Waals surface area contributed by atoms with Gasteiger partial charge in [0.2, 0.25) is 5.91 Å². The van der Waals surface area contributed by atoms with E-state index in [1.165, 1.54) is 22.0 Å². The molecule has 2 saturated heterocycles. The van der Waals surface area contributed by atoms with Crippen LogP contribution in [-0.2, 0) is 11.2 Å². The predicted octanol–water partition coefficient (Wildman–Crippen LogP) is 5.10. The van der Waals surface area contributed by atoms with Crippen LogP contribution in [0, 0.1) is 12.7 Å². The van der Waals surface area contributed by atoms with Crippen molar-refractivity contribution >= 4 is 22.5 Å². The first kappa shape index (κ1) is 20.3. The van der Waals surface area contributed by atoms with E-state index in [1.807, 2.05) is 17.0 Å².